The van der Waals surface area contributed by atoms with Gasteiger partial charge in [0.05, 0.1) is 12.6 Å². The van der Waals surface area contributed by atoms with Crippen LogP contribution in [0.2, 0.25) is 0 Å². The monoisotopic (exact) mass is 418 g/mol. The van der Waals surface area contributed by atoms with Crippen molar-refractivity contribution in [2.24, 2.45) is 0 Å². The molecule has 2 aromatic heterocycles. The van der Waals surface area contributed by atoms with Gasteiger partial charge in [-0.25, -0.2) is 4.98 Å². The SMILES string of the molecule is COC(=O)[C@H](Cc1c[nH]c2ccccc12)NCc1cc2cc3c(cc2nc1N)OCO3. The molecule has 4 aromatic rings. The number of aromatic nitrogens is 2. The van der Waals surface area contributed by atoms with E-state index in [0.29, 0.717) is 30.3 Å². The van der Waals surface area contributed by atoms with E-state index in [1.807, 2.05) is 48.7 Å². The number of esters is 1. The van der Waals surface area contributed by atoms with E-state index in [2.05, 4.69) is 15.3 Å². The van der Waals surface area contributed by atoms with Gasteiger partial charge in [-0.05, 0) is 23.8 Å². The lowest BCUT2D eigenvalue weighted by Crippen LogP contribution is -2.39. The van der Waals surface area contributed by atoms with Crippen molar-refractivity contribution in [3.05, 3.63) is 59.8 Å². The van der Waals surface area contributed by atoms with Crippen LogP contribution < -0.4 is 20.5 Å². The largest absolute Gasteiger partial charge is 0.468 e. The number of methoxy groups -OCH3 is 1. The molecule has 1 atom stereocenters. The van der Waals surface area contributed by atoms with E-state index in [1.165, 1.54) is 7.11 Å². The Hall–Kier alpha value is -3.78. The first-order valence-electron chi connectivity index (χ1n) is 9.97. The molecule has 3 heterocycles. The Morgan fingerprint density at radius 3 is 2.87 bits per heavy atom. The fourth-order valence-corrected chi connectivity index (χ4v) is 3.90. The summed E-state index contributed by atoms with van der Waals surface area (Å²) in [5.74, 6) is 1.41. The van der Waals surface area contributed by atoms with Gasteiger partial charge < -0.3 is 24.9 Å². The first-order valence-corrected chi connectivity index (χ1v) is 9.97. The molecule has 0 bridgehead atoms. The van der Waals surface area contributed by atoms with Crippen molar-refractivity contribution in [3.8, 4) is 11.5 Å². The normalized spacial score (nSPS) is 13.6. The Kier molecular flexibility index (Phi) is 4.83. The second kappa shape index (κ2) is 7.81. The first-order chi connectivity index (χ1) is 15.1. The topological polar surface area (TPSA) is 111 Å². The number of rotatable bonds is 6. The molecule has 158 valence electrons. The highest BCUT2D eigenvalue weighted by atomic mass is 16.7. The molecule has 1 aliphatic heterocycles. The number of nitrogens with zero attached hydrogens (tertiary/aromatic N) is 1. The van der Waals surface area contributed by atoms with Crippen molar-refractivity contribution in [2.75, 3.05) is 19.6 Å². The number of nitrogens with one attached hydrogen (secondary N) is 2. The molecule has 0 spiro atoms. The van der Waals surface area contributed by atoms with Crippen LogP contribution in [-0.4, -0.2) is 35.9 Å². The van der Waals surface area contributed by atoms with E-state index in [1.54, 1.807) is 0 Å². The Balaban J connectivity index is 1.39. The van der Waals surface area contributed by atoms with Crippen LogP contribution in [0.4, 0.5) is 5.82 Å². The lowest BCUT2D eigenvalue weighted by molar-refractivity contribution is -0.143. The summed E-state index contributed by atoms with van der Waals surface area (Å²) in [6.45, 7) is 0.565. The summed E-state index contributed by atoms with van der Waals surface area (Å²) >= 11 is 0. The molecule has 0 saturated carbocycles. The molecule has 0 saturated heterocycles. The van der Waals surface area contributed by atoms with Crippen LogP contribution in [0.5, 0.6) is 11.5 Å². The molecule has 0 fully saturated rings. The Morgan fingerprint density at radius 1 is 1.23 bits per heavy atom. The van der Waals surface area contributed by atoms with Gasteiger partial charge in [0, 0.05) is 47.1 Å². The summed E-state index contributed by atoms with van der Waals surface area (Å²) in [5, 5.41) is 5.26. The number of nitrogens with two attached hydrogens (primary N) is 1. The van der Waals surface area contributed by atoms with Crippen molar-refractivity contribution >= 4 is 33.6 Å². The fourth-order valence-electron chi connectivity index (χ4n) is 3.90. The predicted molar refractivity (Wildman–Crippen MR) is 117 cm³/mol. The number of aromatic amines is 1. The van der Waals surface area contributed by atoms with E-state index in [4.69, 9.17) is 19.9 Å². The highest BCUT2D eigenvalue weighted by molar-refractivity contribution is 5.86. The summed E-state index contributed by atoms with van der Waals surface area (Å²) in [6.07, 6.45) is 2.41. The summed E-state index contributed by atoms with van der Waals surface area (Å²) in [5.41, 5.74) is 9.78. The first kappa shape index (κ1) is 19.2. The number of fused-ring (bicyclic) bond motifs is 3. The molecule has 8 heteroatoms. The van der Waals surface area contributed by atoms with Crippen molar-refractivity contribution in [2.45, 2.75) is 19.0 Å². The maximum absolute atomic E-state index is 12.4. The third-order valence-corrected chi connectivity index (χ3v) is 5.55. The number of nitrogen functional groups attached to an aromatic ring is 1. The maximum Gasteiger partial charge on any atom is 0.323 e. The number of para-hydroxylation sites is 1. The predicted octanol–water partition coefficient (Wildman–Crippen LogP) is 2.90. The molecule has 0 amide bonds. The molecule has 0 radical (unpaired) electrons. The number of benzene rings is 2. The second-order valence-electron chi connectivity index (χ2n) is 7.45. The molecular weight excluding hydrogens is 396 g/mol. The van der Waals surface area contributed by atoms with Crippen molar-refractivity contribution in [3.63, 3.8) is 0 Å². The van der Waals surface area contributed by atoms with Gasteiger partial charge in [-0.1, -0.05) is 18.2 Å². The molecule has 4 N–H and O–H groups in total. The number of pyridine rings is 1. The van der Waals surface area contributed by atoms with Crippen LogP contribution >= 0.6 is 0 Å². The standard InChI is InChI=1S/C23H22N4O4/c1-29-23(28)19(7-14-10-25-17-5-3-2-4-16(14)17)26-11-15-6-13-8-20-21(31-12-30-20)9-18(13)27-22(15)24/h2-6,8-10,19,25-26H,7,11-12H2,1H3,(H2,24,27)/t19-/m0/s1. The quantitative estimate of drug-likeness (QED) is 0.413. The van der Waals surface area contributed by atoms with Gasteiger partial charge in [0.15, 0.2) is 11.5 Å². The summed E-state index contributed by atoms with van der Waals surface area (Å²) in [4.78, 5) is 20.2. The molecule has 0 unspecified atom stereocenters. The van der Waals surface area contributed by atoms with Crippen LogP contribution in [0.25, 0.3) is 21.8 Å². The smallest absolute Gasteiger partial charge is 0.323 e. The van der Waals surface area contributed by atoms with E-state index in [9.17, 15) is 4.79 Å². The number of ether oxygens (including phenoxy) is 3. The van der Waals surface area contributed by atoms with E-state index >= 15 is 0 Å². The zero-order valence-corrected chi connectivity index (χ0v) is 17.0. The minimum absolute atomic E-state index is 0.199. The minimum Gasteiger partial charge on any atom is -0.468 e. The lowest BCUT2D eigenvalue weighted by atomic mass is 10.0. The van der Waals surface area contributed by atoms with Crippen molar-refractivity contribution in [1.82, 2.24) is 15.3 Å². The number of hydrogen-bond acceptors (Lipinski definition) is 7. The van der Waals surface area contributed by atoms with E-state index < -0.39 is 6.04 Å². The zero-order chi connectivity index (χ0) is 21.4. The van der Waals surface area contributed by atoms with Crippen molar-refractivity contribution < 1.29 is 19.0 Å². The Labute approximate surface area is 178 Å². The minimum atomic E-state index is -0.531. The lowest BCUT2D eigenvalue weighted by Gasteiger charge is -2.17. The van der Waals surface area contributed by atoms with Gasteiger partial charge in [-0.2, -0.15) is 0 Å². The van der Waals surface area contributed by atoms with E-state index in [0.717, 1.165) is 32.9 Å². The van der Waals surface area contributed by atoms with E-state index in [-0.39, 0.29) is 12.8 Å². The molecule has 31 heavy (non-hydrogen) atoms. The van der Waals surface area contributed by atoms with Gasteiger partial charge >= 0.3 is 5.97 Å². The number of hydrogen-bond donors (Lipinski definition) is 3. The summed E-state index contributed by atoms with van der Waals surface area (Å²) in [6, 6.07) is 13.1. The molecule has 5 rings (SSSR count). The van der Waals surface area contributed by atoms with Crippen LogP contribution in [-0.2, 0) is 22.5 Å². The van der Waals surface area contributed by atoms with Gasteiger partial charge in [0.2, 0.25) is 6.79 Å². The third-order valence-electron chi connectivity index (χ3n) is 5.55. The van der Waals surface area contributed by atoms with Crippen LogP contribution in [0.15, 0.2) is 48.7 Å². The summed E-state index contributed by atoms with van der Waals surface area (Å²) in [7, 11) is 1.39. The van der Waals surface area contributed by atoms with Crippen LogP contribution in [0.1, 0.15) is 11.1 Å². The average molecular weight is 418 g/mol. The third kappa shape index (κ3) is 3.62. The highest BCUT2D eigenvalue weighted by Crippen LogP contribution is 2.36. The van der Waals surface area contributed by atoms with Crippen LogP contribution in [0, 0.1) is 0 Å². The molecular formula is C23H22N4O4. The maximum atomic E-state index is 12.4. The Morgan fingerprint density at radius 2 is 2.03 bits per heavy atom. The van der Waals surface area contributed by atoms with Gasteiger partial charge in [0.25, 0.3) is 0 Å². The molecule has 1 aliphatic rings. The van der Waals surface area contributed by atoms with Gasteiger partial charge in [-0.3, -0.25) is 10.1 Å². The Bertz CT molecular complexity index is 1280. The second-order valence-corrected chi connectivity index (χ2v) is 7.45. The number of carbonyl (C=O) groups excluding carboxylic acids is 1. The van der Waals surface area contributed by atoms with Crippen molar-refractivity contribution in [1.29, 1.82) is 0 Å². The van der Waals surface area contributed by atoms with Gasteiger partial charge in [0.1, 0.15) is 11.9 Å². The average Bonchev–Trinajstić information content (AvgIpc) is 3.41. The van der Waals surface area contributed by atoms with Gasteiger partial charge in [-0.15, -0.1) is 0 Å². The highest BCUT2D eigenvalue weighted by Gasteiger charge is 2.22. The summed E-state index contributed by atoms with van der Waals surface area (Å²) < 4.78 is 15.9. The molecule has 8 nitrogen and oxygen atoms in total. The van der Waals surface area contributed by atoms with Crippen LogP contribution in [0.3, 0.4) is 0 Å². The number of H-pyrrole nitrogens is 1. The zero-order valence-electron chi connectivity index (χ0n) is 17.0. The number of carbonyl (C=O) groups is 1. The number of anilines is 1. The fraction of sp³-hybridized carbons (Fsp3) is 0.217. The molecule has 0 aliphatic carbocycles. The molecule has 2 aromatic carbocycles.